The van der Waals surface area contributed by atoms with E-state index >= 15 is 0 Å². The Kier molecular flexibility index (Phi) is 4.10. The van der Waals surface area contributed by atoms with E-state index in [2.05, 4.69) is 53.6 Å². The van der Waals surface area contributed by atoms with Gasteiger partial charge in [0.25, 0.3) is 0 Å². The molecule has 96 valence electrons. The van der Waals surface area contributed by atoms with Crippen LogP contribution in [0.5, 0.6) is 0 Å². The van der Waals surface area contributed by atoms with Crippen LogP contribution < -0.4 is 5.32 Å². The van der Waals surface area contributed by atoms with Crippen molar-refractivity contribution < 1.29 is 4.52 Å². The summed E-state index contributed by atoms with van der Waals surface area (Å²) in [4.78, 5) is 4.16. The second-order valence-electron chi connectivity index (χ2n) is 4.43. The molecule has 0 saturated carbocycles. The summed E-state index contributed by atoms with van der Waals surface area (Å²) in [7, 11) is 0. The first-order chi connectivity index (χ1) is 8.69. The number of hydrogen-bond donors (Lipinski definition) is 1. The molecule has 0 spiro atoms. The molecule has 0 aliphatic carbocycles. The van der Waals surface area contributed by atoms with Crippen LogP contribution in [0.15, 0.2) is 28.8 Å². The molecule has 2 aromatic rings. The Bertz CT molecular complexity index is 490. The molecule has 1 unspecified atom stereocenters. The maximum atomic E-state index is 5.06. The molecule has 4 nitrogen and oxygen atoms in total. The van der Waals surface area contributed by atoms with Gasteiger partial charge in [-0.05, 0) is 31.4 Å². The molecule has 0 bridgehead atoms. The first-order valence-corrected chi connectivity index (χ1v) is 6.30. The first-order valence-electron chi connectivity index (χ1n) is 6.30. The minimum absolute atomic E-state index is 0.267. The Balaban J connectivity index is 1.92. The zero-order valence-electron chi connectivity index (χ0n) is 11.1. The fourth-order valence-corrected chi connectivity index (χ4v) is 1.81. The Morgan fingerprint density at radius 3 is 2.56 bits per heavy atom. The summed E-state index contributed by atoms with van der Waals surface area (Å²) in [6.07, 6.45) is 1.07. The predicted molar refractivity (Wildman–Crippen MR) is 70.1 cm³/mol. The molecule has 0 aliphatic heterocycles. The van der Waals surface area contributed by atoms with E-state index < -0.39 is 0 Å². The van der Waals surface area contributed by atoms with Crippen LogP contribution in [-0.4, -0.2) is 10.1 Å². The number of aromatic nitrogens is 2. The average Bonchev–Trinajstić information content (AvgIpc) is 2.82. The number of hydrogen-bond acceptors (Lipinski definition) is 4. The van der Waals surface area contributed by atoms with E-state index in [1.54, 1.807) is 0 Å². The van der Waals surface area contributed by atoms with Crippen LogP contribution in [0.3, 0.4) is 0 Å². The van der Waals surface area contributed by atoms with Gasteiger partial charge in [0.2, 0.25) is 5.89 Å². The molecule has 0 radical (unpaired) electrons. The fourth-order valence-electron chi connectivity index (χ4n) is 1.81. The molecule has 1 N–H and O–H groups in total. The zero-order chi connectivity index (χ0) is 13.0. The summed E-state index contributed by atoms with van der Waals surface area (Å²) >= 11 is 0. The van der Waals surface area contributed by atoms with Crippen molar-refractivity contribution in [3.05, 3.63) is 47.1 Å². The summed E-state index contributed by atoms with van der Waals surface area (Å²) in [5.41, 5.74) is 2.63. The number of nitrogens with one attached hydrogen (secondary N) is 1. The standard InChI is InChI=1S/C14H19N3O/c1-4-12-5-7-13(8-6-12)10(2)15-9-14-16-11(3)17-18-14/h5-8,10,15H,4,9H2,1-3H3. The minimum Gasteiger partial charge on any atom is -0.338 e. The van der Waals surface area contributed by atoms with Gasteiger partial charge in [0.05, 0.1) is 6.54 Å². The highest BCUT2D eigenvalue weighted by molar-refractivity contribution is 5.24. The molecule has 0 aliphatic rings. The third kappa shape index (κ3) is 3.17. The monoisotopic (exact) mass is 245 g/mol. The predicted octanol–water partition coefficient (Wildman–Crippen LogP) is 2.79. The number of nitrogens with zero attached hydrogens (tertiary/aromatic N) is 2. The van der Waals surface area contributed by atoms with Gasteiger partial charge in [-0.15, -0.1) is 0 Å². The molecule has 1 aromatic heterocycles. The van der Waals surface area contributed by atoms with Crippen LogP contribution in [0, 0.1) is 6.92 Å². The Labute approximate surface area is 107 Å². The summed E-state index contributed by atoms with van der Waals surface area (Å²) < 4.78 is 5.06. The van der Waals surface area contributed by atoms with Crippen molar-refractivity contribution in [3.63, 3.8) is 0 Å². The van der Waals surface area contributed by atoms with Crippen LogP contribution >= 0.6 is 0 Å². The minimum atomic E-state index is 0.267. The van der Waals surface area contributed by atoms with Gasteiger partial charge in [-0.3, -0.25) is 0 Å². The van der Waals surface area contributed by atoms with Crippen molar-refractivity contribution in [1.82, 2.24) is 15.5 Å². The second-order valence-corrected chi connectivity index (χ2v) is 4.43. The smallest absolute Gasteiger partial charge is 0.240 e. The fraction of sp³-hybridized carbons (Fsp3) is 0.429. The highest BCUT2D eigenvalue weighted by Gasteiger charge is 2.07. The normalized spacial score (nSPS) is 12.6. The molecule has 2 rings (SSSR count). The largest absolute Gasteiger partial charge is 0.338 e. The second kappa shape index (κ2) is 5.78. The quantitative estimate of drug-likeness (QED) is 0.880. The average molecular weight is 245 g/mol. The Hall–Kier alpha value is -1.68. The Morgan fingerprint density at radius 2 is 2.00 bits per heavy atom. The number of benzene rings is 1. The van der Waals surface area contributed by atoms with Crippen molar-refractivity contribution in [3.8, 4) is 0 Å². The molecule has 4 heteroatoms. The van der Waals surface area contributed by atoms with E-state index in [0.717, 1.165) is 6.42 Å². The summed E-state index contributed by atoms with van der Waals surface area (Å²) in [6, 6.07) is 8.93. The molecule has 1 aromatic carbocycles. The third-order valence-corrected chi connectivity index (χ3v) is 3.02. The maximum Gasteiger partial charge on any atom is 0.240 e. The summed E-state index contributed by atoms with van der Waals surface area (Å²) in [5.74, 6) is 1.30. The van der Waals surface area contributed by atoms with Crippen molar-refractivity contribution in [1.29, 1.82) is 0 Å². The molecule has 0 saturated heterocycles. The van der Waals surface area contributed by atoms with Gasteiger partial charge in [0.15, 0.2) is 5.82 Å². The zero-order valence-corrected chi connectivity index (χ0v) is 11.1. The summed E-state index contributed by atoms with van der Waals surface area (Å²) in [6.45, 7) is 6.70. The van der Waals surface area contributed by atoms with Crippen LogP contribution in [0.1, 0.15) is 42.7 Å². The van der Waals surface area contributed by atoms with Crippen LogP contribution in [0.25, 0.3) is 0 Å². The SMILES string of the molecule is CCc1ccc(C(C)NCc2nc(C)no2)cc1. The molecule has 0 amide bonds. The lowest BCUT2D eigenvalue weighted by atomic mass is 10.1. The third-order valence-electron chi connectivity index (χ3n) is 3.02. The van der Waals surface area contributed by atoms with Crippen molar-refractivity contribution >= 4 is 0 Å². The molecule has 1 atom stereocenters. The van der Waals surface area contributed by atoms with Crippen molar-refractivity contribution in [2.45, 2.75) is 39.8 Å². The lowest BCUT2D eigenvalue weighted by Crippen LogP contribution is -2.18. The van der Waals surface area contributed by atoms with Gasteiger partial charge in [0, 0.05) is 6.04 Å². The van der Waals surface area contributed by atoms with Crippen molar-refractivity contribution in [2.24, 2.45) is 0 Å². The van der Waals surface area contributed by atoms with E-state index in [9.17, 15) is 0 Å². The van der Waals surface area contributed by atoms with E-state index in [-0.39, 0.29) is 6.04 Å². The van der Waals surface area contributed by atoms with E-state index in [1.165, 1.54) is 11.1 Å². The highest BCUT2D eigenvalue weighted by atomic mass is 16.5. The molecular formula is C14H19N3O. The topological polar surface area (TPSA) is 51.0 Å². The van der Waals surface area contributed by atoms with Gasteiger partial charge in [0.1, 0.15) is 0 Å². The lowest BCUT2D eigenvalue weighted by molar-refractivity contribution is 0.357. The van der Waals surface area contributed by atoms with E-state index in [1.807, 2.05) is 6.92 Å². The van der Waals surface area contributed by atoms with Crippen LogP contribution in [0.4, 0.5) is 0 Å². The van der Waals surface area contributed by atoms with Gasteiger partial charge < -0.3 is 9.84 Å². The van der Waals surface area contributed by atoms with Crippen molar-refractivity contribution in [2.75, 3.05) is 0 Å². The maximum absolute atomic E-state index is 5.06. The van der Waals surface area contributed by atoms with Crippen LogP contribution in [-0.2, 0) is 13.0 Å². The molecule has 1 heterocycles. The number of rotatable bonds is 5. The van der Waals surface area contributed by atoms with E-state index in [0.29, 0.717) is 18.3 Å². The van der Waals surface area contributed by atoms with E-state index in [4.69, 9.17) is 4.52 Å². The van der Waals surface area contributed by atoms with Gasteiger partial charge in [-0.2, -0.15) is 4.98 Å². The van der Waals surface area contributed by atoms with Crippen LogP contribution in [0.2, 0.25) is 0 Å². The first kappa shape index (κ1) is 12.8. The Morgan fingerprint density at radius 1 is 1.28 bits per heavy atom. The molecule has 0 fully saturated rings. The van der Waals surface area contributed by atoms with Gasteiger partial charge in [-0.1, -0.05) is 36.3 Å². The van der Waals surface area contributed by atoms with Gasteiger partial charge >= 0.3 is 0 Å². The summed E-state index contributed by atoms with van der Waals surface area (Å²) in [5, 5.41) is 7.13. The molecule has 18 heavy (non-hydrogen) atoms. The molecular weight excluding hydrogens is 226 g/mol. The highest BCUT2D eigenvalue weighted by Crippen LogP contribution is 2.14. The lowest BCUT2D eigenvalue weighted by Gasteiger charge is -2.13. The number of aryl methyl sites for hydroxylation is 2. The van der Waals surface area contributed by atoms with Gasteiger partial charge in [-0.25, -0.2) is 0 Å².